The van der Waals surface area contributed by atoms with Crippen molar-refractivity contribution in [1.29, 1.82) is 0 Å². The molecule has 4 heteroatoms. The molecule has 0 bridgehead atoms. The van der Waals surface area contributed by atoms with E-state index in [0.29, 0.717) is 13.0 Å². The van der Waals surface area contributed by atoms with Crippen LogP contribution in [0, 0.1) is 0 Å². The highest BCUT2D eigenvalue weighted by Crippen LogP contribution is 2.10. The Morgan fingerprint density at radius 1 is 1.78 bits per heavy atom. The summed E-state index contributed by atoms with van der Waals surface area (Å²) < 4.78 is 4.80. The van der Waals surface area contributed by atoms with Crippen LogP contribution >= 0.6 is 0 Å². The van der Waals surface area contributed by atoms with E-state index < -0.39 is 12.1 Å². The molecule has 9 heavy (non-hydrogen) atoms. The van der Waals surface area contributed by atoms with Crippen LogP contribution in [0.15, 0.2) is 0 Å². The zero-order valence-electron chi connectivity index (χ0n) is 4.91. The molecule has 0 aromatic rings. The average molecular weight is 131 g/mol. The van der Waals surface area contributed by atoms with Crippen LogP contribution in [-0.2, 0) is 9.53 Å². The van der Waals surface area contributed by atoms with Gasteiger partial charge in [-0.05, 0) is 0 Å². The van der Waals surface area contributed by atoms with Gasteiger partial charge in [0.25, 0.3) is 0 Å². The van der Waals surface area contributed by atoms with Crippen molar-refractivity contribution in [2.75, 3.05) is 6.61 Å². The molecule has 1 fully saturated rings. The molecule has 1 rings (SSSR count). The van der Waals surface area contributed by atoms with Crippen LogP contribution in [0.25, 0.3) is 0 Å². The molecule has 0 saturated carbocycles. The number of carboxylic acids is 1. The number of rotatable bonds is 1. The van der Waals surface area contributed by atoms with E-state index in [1.165, 1.54) is 0 Å². The summed E-state index contributed by atoms with van der Waals surface area (Å²) in [7, 11) is 0. The van der Waals surface area contributed by atoms with E-state index in [1.54, 1.807) is 0 Å². The fourth-order valence-electron chi connectivity index (χ4n) is 0.823. The lowest BCUT2D eigenvalue weighted by atomic mass is 10.2. The molecular formula is C5H9NO3. The number of aliphatic carboxylic acids is 1. The fourth-order valence-corrected chi connectivity index (χ4v) is 0.823. The van der Waals surface area contributed by atoms with Crippen LogP contribution in [0.3, 0.4) is 0 Å². The SMILES string of the molecule is NC1COC(C(=O)O)C1. The van der Waals surface area contributed by atoms with E-state index in [0.717, 1.165) is 0 Å². The Labute approximate surface area is 52.6 Å². The second-order valence-electron chi connectivity index (χ2n) is 2.16. The van der Waals surface area contributed by atoms with Gasteiger partial charge in [-0.15, -0.1) is 0 Å². The molecule has 1 aliphatic heterocycles. The highest BCUT2D eigenvalue weighted by Gasteiger charge is 2.27. The van der Waals surface area contributed by atoms with E-state index in [9.17, 15) is 4.79 Å². The first-order valence-corrected chi connectivity index (χ1v) is 2.80. The van der Waals surface area contributed by atoms with Crippen molar-refractivity contribution in [3.05, 3.63) is 0 Å². The van der Waals surface area contributed by atoms with Gasteiger partial charge >= 0.3 is 5.97 Å². The predicted octanol–water partition coefficient (Wildman–Crippen LogP) is -0.813. The van der Waals surface area contributed by atoms with Gasteiger partial charge in [0.05, 0.1) is 6.61 Å². The summed E-state index contributed by atoms with van der Waals surface area (Å²) in [6, 6.07) is -0.0916. The Kier molecular flexibility index (Phi) is 1.68. The first-order chi connectivity index (χ1) is 4.20. The second-order valence-corrected chi connectivity index (χ2v) is 2.16. The number of hydrogen-bond donors (Lipinski definition) is 2. The van der Waals surface area contributed by atoms with Crippen LogP contribution in [-0.4, -0.2) is 29.8 Å². The molecule has 3 N–H and O–H groups in total. The molecule has 0 radical (unpaired) electrons. The van der Waals surface area contributed by atoms with Gasteiger partial charge in [0.2, 0.25) is 0 Å². The molecule has 1 aliphatic rings. The lowest BCUT2D eigenvalue weighted by Gasteiger charge is -1.98. The standard InChI is InChI=1S/C5H9NO3/c6-3-1-4(5(7)8)9-2-3/h3-4H,1-2,6H2,(H,7,8). The Balaban J connectivity index is 2.39. The molecule has 4 nitrogen and oxygen atoms in total. The Bertz CT molecular complexity index is 125. The highest BCUT2D eigenvalue weighted by molar-refractivity contribution is 5.72. The number of ether oxygens (including phenoxy) is 1. The van der Waals surface area contributed by atoms with Gasteiger partial charge in [0.15, 0.2) is 6.10 Å². The van der Waals surface area contributed by atoms with Crippen molar-refractivity contribution in [3.8, 4) is 0 Å². The maximum absolute atomic E-state index is 10.2. The number of carbonyl (C=O) groups is 1. The summed E-state index contributed by atoms with van der Waals surface area (Å²) in [6.45, 7) is 0.372. The number of nitrogens with two attached hydrogens (primary N) is 1. The van der Waals surface area contributed by atoms with Crippen molar-refractivity contribution in [2.24, 2.45) is 5.73 Å². The molecule has 0 aliphatic carbocycles. The summed E-state index contributed by atoms with van der Waals surface area (Å²) in [5, 5.41) is 8.35. The maximum atomic E-state index is 10.2. The summed E-state index contributed by atoms with van der Waals surface area (Å²) >= 11 is 0. The lowest BCUT2D eigenvalue weighted by Crippen LogP contribution is -2.22. The van der Waals surface area contributed by atoms with Crippen molar-refractivity contribution in [3.63, 3.8) is 0 Å². The van der Waals surface area contributed by atoms with Crippen molar-refractivity contribution in [2.45, 2.75) is 18.6 Å². The number of carboxylic acid groups (broad SMARTS) is 1. The van der Waals surface area contributed by atoms with Gasteiger partial charge in [-0.1, -0.05) is 0 Å². The van der Waals surface area contributed by atoms with Gasteiger partial charge in [0, 0.05) is 12.5 Å². The summed E-state index contributed by atoms with van der Waals surface area (Å²) in [5.41, 5.74) is 5.37. The minimum absolute atomic E-state index is 0.0916. The molecule has 0 spiro atoms. The molecule has 0 aromatic heterocycles. The highest BCUT2D eigenvalue weighted by atomic mass is 16.5. The average Bonchev–Trinajstić information content (AvgIpc) is 2.14. The molecule has 0 aromatic carbocycles. The minimum Gasteiger partial charge on any atom is -0.479 e. The van der Waals surface area contributed by atoms with Gasteiger partial charge < -0.3 is 15.6 Å². The molecular weight excluding hydrogens is 122 g/mol. The Hall–Kier alpha value is -0.610. The molecule has 2 atom stereocenters. The van der Waals surface area contributed by atoms with Crippen molar-refractivity contribution >= 4 is 5.97 Å². The lowest BCUT2D eigenvalue weighted by molar-refractivity contribution is -0.147. The molecule has 1 saturated heterocycles. The van der Waals surface area contributed by atoms with E-state index in [-0.39, 0.29) is 6.04 Å². The smallest absolute Gasteiger partial charge is 0.332 e. The first kappa shape index (κ1) is 6.51. The third-order valence-electron chi connectivity index (χ3n) is 1.30. The normalized spacial score (nSPS) is 34.8. The Morgan fingerprint density at radius 2 is 2.44 bits per heavy atom. The minimum atomic E-state index is -0.914. The van der Waals surface area contributed by atoms with Gasteiger partial charge in [-0.2, -0.15) is 0 Å². The van der Waals surface area contributed by atoms with Crippen LogP contribution in [0.1, 0.15) is 6.42 Å². The number of hydrogen-bond acceptors (Lipinski definition) is 3. The summed E-state index contributed by atoms with van der Waals surface area (Å²) in [6.07, 6.45) is -0.227. The maximum Gasteiger partial charge on any atom is 0.332 e. The largest absolute Gasteiger partial charge is 0.479 e. The van der Waals surface area contributed by atoms with Crippen LogP contribution in [0.4, 0.5) is 0 Å². The zero-order valence-corrected chi connectivity index (χ0v) is 4.91. The van der Waals surface area contributed by atoms with E-state index in [4.69, 9.17) is 15.6 Å². The second kappa shape index (κ2) is 2.33. The van der Waals surface area contributed by atoms with Crippen LogP contribution in [0.5, 0.6) is 0 Å². The Morgan fingerprint density at radius 3 is 2.67 bits per heavy atom. The predicted molar refractivity (Wildman–Crippen MR) is 30.0 cm³/mol. The van der Waals surface area contributed by atoms with Crippen LogP contribution in [0.2, 0.25) is 0 Å². The summed E-state index contributed by atoms with van der Waals surface area (Å²) in [5.74, 6) is -0.914. The monoisotopic (exact) mass is 131 g/mol. The van der Waals surface area contributed by atoms with Gasteiger partial charge in [0.1, 0.15) is 0 Å². The molecule has 52 valence electrons. The zero-order chi connectivity index (χ0) is 6.85. The van der Waals surface area contributed by atoms with E-state index >= 15 is 0 Å². The summed E-state index contributed by atoms with van der Waals surface area (Å²) in [4.78, 5) is 10.2. The van der Waals surface area contributed by atoms with E-state index in [2.05, 4.69) is 0 Å². The molecule has 1 heterocycles. The third kappa shape index (κ3) is 1.40. The fraction of sp³-hybridized carbons (Fsp3) is 0.800. The quantitative estimate of drug-likeness (QED) is 0.488. The first-order valence-electron chi connectivity index (χ1n) is 2.80. The topological polar surface area (TPSA) is 72.5 Å². The van der Waals surface area contributed by atoms with Crippen molar-refractivity contribution < 1.29 is 14.6 Å². The van der Waals surface area contributed by atoms with Gasteiger partial charge in [-0.3, -0.25) is 0 Å². The van der Waals surface area contributed by atoms with Gasteiger partial charge in [-0.25, -0.2) is 4.79 Å². The molecule has 0 amide bonds. The van der Waals surface area contributed by atoms with Crippen molar-refractivity contribution in [1.82, 2.24) is 0 Å². The van der Waals surface area contributed by atoms with Crippen LogP contribution < -0.4 is 5.73 Å². The molecule has 2 unspecified atom stereocenters. The van der Waals surface area contributed by atoms with E-state index in [1.807, 2.05) is 0 Å². The third-order valence-corrected chi connectivity index (χ3v) is 1.30.